The van der Waals surface area contributed by atoms with Gasteiger partial charge in [-0.2, -0.15) is 0 Å². The fraction of sp³-hybridized carbons (Fsp3) is 0.533. The summed E-state index contributed by atoms with van der Waals surface area (Å²) in [4.78, 5) is 12.0. The number of carbonyl (C=O) groups excluding carboxylic acids is 1. The van der Waals surface area contributed by atoms with Crippen molar-refractivity contribution in [2.45, 2.75) is 51.6 Å². The van der Waals surface area contributed by atoms with Gasteiger partial charge in [-0.15, -0.1) is 0 Å². The number of hydrogen-bond donors (Lipinski definition) is 0. The molecule has 20 heavy (non-hydrogen) atoms. The van der Waals surface area contributed by atoms with Crippen molar-refractivity contribution in [2.75, 3.05) is 0 Å². The van der Waals surface area contributed by atoms with Crippen LogP contribution in [0.3, 0.4) is 0 Å². The molecular weight excluding hydrogens is 258 g/mol. The lowest BCUT2D eigenvalue weighted by atomic mass is 9.81. The van der Waals surface area contributed by atoms with E-state index in [1.807, 2.05) is 27.7 Å². The Hall–Kier alpha value is -1.20. The molecule has 0 aromatic heterocycles. The van der Waals surface area contributed by atoms with Gasteiger partial charge in [0, 0.05) is 12.0 Å². The Morgan fingerprint density at radius 3 is 2.10 bits per heavy atom. The van der Waals surface area contributed by atoms with E-state index in [9.17, 15) is 9.18 Å². The van der Waals surface area contributed by atoms with E-state index in [1.165, 1.54) is 24.3 Å². The van der Waals surface area contributed by atoms with Gasteiger partial charge in [0.15, 0.2) is 5.78 Å². The lowest BCUT2D eigenvalue weighted by molar-refractivity contribution is 0.00578. The molecule has 1 fully saturated rings. The van der Waals surface area contributed by atoms with Gasteiger partial charge in [0.2, 0.25) is 0 Å². The Balaban J connectivity index is 1.91. The van der Waals surface area contributed by atoms with E-state index in [0.29, 0.717) is 18.3 Å². The molecular formula is C15H20BFO3. The van der Waals surface area contributed by atoms with Crippen molar-refractivity contribution >= 4 is 12.9 Å². The van der Waals surface area contributed by atoms with Gasteiger partial charge in [-0.25, -0.2) is 4.39 Å². The standard InChI is InChI=1S/C15H20BFO3/c1-14(2)15(3,4)20-16(19-14)10-9-13(18)11-5-7-12(17)8-6-11/h5-8H,9-10H2,1-4H3. The van der Waals surface area contributed by atoms with Crippen LogP contribution in [0.25, 0.3) is 0 Å². The number of halogens is 1. The number of benzene rings is 1. The van der Waals surface area contributed by atoms with Crippen LogP contribution in [0.2, 0.25) is 6.32 Å². The third kappa shape index (κ3) is 3.10. The summed E-state index contributed by atoms with van der Waals surface area (Å²) in [5.41, 5.74) is -0.240. The highest BCUT2D eigenvalue weighted by atomic mass is 19.1. The van der Waals surface area contributed by atoms with Gasteiger partial charge in [-0.1, -0.05) is 0 Å². The first kappa shape index (κ1) is 15.2. The van der Waals surface area contributed by atoms with Gasteiger partial charge in [-0.3, -0.25) is 4.79 Å². The maximum Gasteiger partial charge on any atom is 0.458 e. The summed E-state index contributed by atoms with van der Waals surface area (Å²) < 4.78 is 24.5. The van der Waals surface area contributed by atoms with Crippen LogP contribution in [0, 0.1) is 5.82 Å². The fourth-order valence-corrected chi connectivity index (χ4v) is 2.11. The van der Waals surface area contributed by atoms with Crippen LogP contribution in [0.5, 0.6) is 0 Å². The summed E-state index contributed by atoms with van der Waals surface area (Å²) in [5.74, 6) is -0.368. The van der Waals surface area contributed by atoms with Crippen molar-refractivity contribution in [2.24, 2.45) is 0 Å². The zero-order chi connectivity index (χ0) is 15.0. The van der Waals surface area contributed by atoms with E-state index in [0.717, 1.165) is 0 Å². The van der Waals surface area contributed by atoms with E-state index in [4.69, 9.17) is 9.31 Å². The van der Waals surface area contributed by atoms with Crippen molar-refractivity contribution in [3.05, 3.63) is 35.6 Å². The monoisotopic (exact) mass is 278 g/mol. The molecule has 3 nitrogen and oxygen atoms in total. The average Bonchev–Trinajstić information content (AvgIpc) is 2.56. The first-order valence-electron chi connectivity index (χ1n) is 6.86. The Morgan fingerprint density at radius 1 is 1.10 bits per heavy atom. The van der Waals surface area contributed by atoms with Crippen LogP contribution in [0.1, 0.15) is 44.5 Å². The lowest BCUT2D eigenvalue weighted by Crippen LogP contribution is -2.41. The third-order valence-corrected chi connectivity index (χ3v) is 4.08. The largest absolute Gasteiger partial charge is 0.458 e. The molecule has 0 aliphatic carbocycles. The average molecular weight is 278 g/mol. The summed E-state index contributed by atoms with van der Waals surface area (Å²) in [6.45, 7) is 7.92. The summed E-state index contributed by atoms with van der Waals surface area (Å²) in [6.07, 6.45) is 0.825. The Kier molecular flexibility index (Phi) is 4.03. The predicted octanol–water partition coefficient (Wildman–Crippen LogP) is 3.49. The highest BCUT2D eigenvalue weighted by molar-refractivity contribution is 6.46. The Labute approximate surface area is 119 Å². The van der Waals surface area contributed by atoms with E-state index in [2.05, 4.69) is 0 Å². The van der Waals surface area contributed by atoms with Gasteiger partial charge in [0.05, 0.1) is 11.2 Å². The van der Waals surface area contributed by atoms with Crippen molar-refractivity contribution in [1.82, 2.24) is 0 Å². The fourth-order valence-electron chi connectivity index (χ4n) is 2.11. The molecule has 0 saturated carbocycles. The van der Waals surface area contributed by atoms with E-state index in [-0.39, 0.29) is 29.9 Å². The van der Waals surface area contributed by atoms with Crippen LogP contribution in [0.15, 0.2) is 24.3 Å². The second-order valence-corrected chi connectivity index (χ2v) is 6.15. The van der Waals surface area contributed by atoms with Crippen LogP contribution < -0.4 is 0 Å². The molecule has 0 unspecified atom stereocenters. The normalized spacial score (nSPS) is 20.1. The molecule has 0 amide bonds. The molecule has 0 spiro atoms. The highest BCUT2D eigenvalue weighted by Gasteiger charge is 2.50. The maximum atomic E-state index is 12.8. The lowest BCUT2D eigenvalue weighted by Gasteiger charge is -2.32. The Morgan fingerprint density at radius 2 is 1.60 bits per heavy atom. The molecule has 0 N–H and O–H groups in total. The second-order valence-electron chi connectivity index (χ2n) is 6.15. The summed E-state index contributed by atoms with van der Waals surface area (Å²) >= 11 is 0. The second kappa shape index (κ2) is 5.30. The number of rotatable bonds is 4. The molecule has 1 aromatic rings. The minimum absolute atomic E-state index is 0.0280. The van der Waals surface area contributed by atoms with Crippen molar-refractivity contribution in [3.8, 4) is 0 Å². The van der Waals surface area contributed by atoms with E-state index in [1.54, 1.807) is 0 Å². The van der Waals surface area contributed by atoms with Crippen LogP contribution in [-0.4, -0.2) is 24.1 Å². The highest BCUT2D eigenvalue weighted by Crippen LogP contribution is 2.38. The third-order valence-electron chi connectivity index (χ3n) is 4.08. The number of ketones is 1. The topological polar surface area (TPSA) is 35.5 Å². The number of Topliss-reactive ketones (excluding diaryl/α,β-unsaturated/α-hetero) is 1. The molecule has 1 saturated heterocycles. The minimum Gasteiger partial charge on any atom is -0.403 e. The molecule has 2 rings (SSSR count). The first-order chi connectivity index (χ1) is 9.21. The number of carbonyl (C=O) groups is 1. The maximum absolute atomic E-state index is 12.8. The number of hydrogen-bond acceptors (Lipinski definition) is 3. The molecule has 0 bridgehead atoms. The van der Waals surface area contributed by atoms with Gasteiger partial charge < -0.3 is 9.31 Å². The first-order valence-corrected chi connectivity index (χ1v) is 6.86. The Bertz CT molecular complexity index is 480. The molecule has 0 atom stereocenters. The smallest absolute Gasteiger partial charge is 0.403 e. The van der Waals surface area contributed by atoms with Gasteiger partial charge in [0.1, 0.15) is 5.82 Å². The molecule has 108 valence electrons. The minimum atomic E-state index is -0.378. The van der Waals surface area contributed by atoms with Crippen LogP contribution in [-0.2, 0) is 9.31 Å². The van der Waals surface area contributed by atoms with Gasteiger partial charge >= 0.3 is 7.12 Å². The van der Waals surface area contributed by atoms with Crippen molar-refractivity contribution in [1.29, 1.82) is 0 Å². The molecule has 0 radical (unpaired) electrons. The summed E-state index contributed by atoms with van der Waals surface area (Å²) in [7, 11) is -0.371. The molecule has 1 heterocycles. The zero-order valence-electron chi connectivity index (χ0n) is 12.4. The van der Waals surface area contributed by atoms with Crippen molar-refractivity contribution < 1.29 is 18.5 Å². The predicted molar refractivity (Wildman–Crippen MR) is 76.2 cm³/mol. The molecule has 1 aliphatic heterocycles. The van der Waals surface area contributed by atoms with Gasteiger partial charge in [0.25, 0.3) is 0 Å². The zero-order valence-corrected chi connectivity index (χ0v) is 12.4. The van der Waals surface area contributed by atoms with E-state index < -0.39 is 0 Å². The molecule has 1 aromatic carbocycles. The van der Waals surface area contributed by atoms with E-state index >= 15 is 0 Å². The molecule has 5 heteroatoms. The SMILES string of the molecule is CC1(C)OB(CCC(=O)c2ccc(F)cc2)OC1(C)C. The molecule has 1 aliphatic rings. The van der Waals surface area contributed by atoms with Crippen LogP contribution >= 0.6 is 0 Å². The summed E-state index contributed by atoms with van der Waals surface area (Å²) in [6, 6.07) is 5.59. The quantitative estimate of drug-likeness (QED) is 0.624. The van der Waals surface area contributed by atoms with Crippen molar-refractivity contribution in [3.63, 3.8) is 0 Å². The van der Waals surface area contributed by atoms with Gasteiger partial charge in [-0.05, 0) is 58.3 Å². The summed E-state index contributed by atoms with van der Waals surface area (Å²) in [5, 5.41) is 0. The van der Waals surface area contributed by atoms with Crippen LogP contribution in [0.4, 0.5) is 4.39 Å².